The molecule has 1 saturated carbocycles. The lowest BCUT2D eigenvalue weighted by Crippen LogP contribution is -2.41. The number of carbonyl (C=O) groups is 2. The highest BCUT2D eigenvalue weighted by Gasteiger charge is 2.31. The van der Waals surface area contributed by atoms with Gasteiger partial charge < -0.3 is 9.73 Å². The number of Topliss-reactive ketones (excluding diaryl/α,β-unsaturated/α-hetero) is 1. The Labute approximate surface area is 133 Å². The molecule has 1 aromatic carbocycles. The quantitative estimate of drug-likeness (QED) is 0.681. The molecule has 1 heterocycles. The van der Waals surface area contributed by atoms with Gasteiger partial charge in [0.15, 0.2) is 5.76 Å². The molecule has 5 heteroatoms. The van der Waals surface area contributed by atoms with Crippen LogP contribution < -0.4 is 5.32 Å². The zero-order chi connectivity index (χ0) is 16.2. The molecule has 120 valence electrons. The van der Waals surface area contributed by atoms with Gasteiger partial charge in [-0.05, 0) is 55.0 Å². The van der Waals surface area contributed by atoms with E-state index in [1.54, 1.807) is 18.2 Å². The highest BCUT2D eigenvalue weighted by molar-refractivity contribution is 6.42. The molecule has 0 spiro atoms. The van der Waals surface area contributed by atoms with Crippen molar-refractivity contribution in [1.82, 2.24) is 5.32 Å². The number of amides is 1. The molecule has 3 rings (SSSR count). The van der Waals surface area contributed by atoms with Crippen LogP contribution in [0.15, 0.2) is 47.1 Å². The molecule has 2 aromatic rings. The molecule has 1 fully saturated rings. The average molecular weight is 315 g/mol. The Morgan fingerprint density at radius 1 is 1.17 bits per heavy atom. The second-order valence-electron chi connectivity index (χ2n) is 5.91. The zero-order valence-corrected chi connectivity index (χ0v) is 12.6. The van der Waals surface area contributed by atoms with Gasteiger partial charge in [0, 0.05) is 6.04 Å². The fraction of sp³-hybridized carbons (Fsp3) is 0.333. The van der Waals surface area contributed by atoms with Crippen LogP contribution in [0.3, 0.4) is 0 Å². The van der Waals surface area contributed by atoms with E-state index in [4.69, 9.17) is 4.42 Å². The van der Waals surface area contributed by atoms with Crippen LogP contribution >= 0.6 is 0 Å². The van der Waals surface area contributed by atoms with Crippen LogP contribution in [0.4, 0.5) is 4.39 Å². The van der Waals surface area contributed by atoms with Crippen LogP contribution in [0.25, 0.3) is 0 Å². The second kappa shape index (κ2) is 6.77. The van der Waals surface area contributed by atoms with Gasteiger partial charge in [0.1, 0.15) is 5.82 Å². The lowest BCUT2D eigenvalue weighted by atomic mass is 9.94. The number of nitrogens with one attached hydrogen (secondary N) is 1. The Hall–Kier alpha value is -2.43. The standard InChI is InChI=1S/C18H18FNO3/c19-14-8-6-12(7-9-14)11-13-3-1-4-15(13)20-18(22)17(21)16-5-2-10-23-16/h2,5-10,13,15H,1,3-4,11H2,(H,20,22)/t13-,15-/m0/s1. The summed E-state index contributed by atoms with van der Waals surface area (Å²) < 4.78 is 17.9. The molecule has 23 heavy (non-hydrogen) atoms. The summed E-state index contributed by atoms with van der Waals surface area (Å²) in [5.41, 5.74) is 1.04. The number of carbonyl (C=O) groups excluding carboxylic acids is 2. The third-order valence-electron chi connectivity index (χ3n) is 4.34. The maximum atomic E-state index is 13.0. The molecule has 0 unspecified atom stereocenters. The Kier molecular flexibility index (Phi) is 4.55. The topological polar surface area (TPSA) is 59.3 Å². The number of hydrogen-bond donors (Lipinski definition) is 1. The molecular formula is C18H18FNO3. The lowest BCUT2D eigenvalue weighted by molar-refractivity contribution is -0.118. The zero-order valence-electron chi connectivity index (χ0n) is 12.6. The maximum absolute atomic E-state index is 13.0. The fourth-order valence-corrected chi connectivity index (χ4v) is 3.15. The minimum Gasteiger partial charge on any atom is -0.461 e. The number of ketones is 1. The van der Waals surface area contributed by atoms with Crippen molar-refractivity contribution < 1.29 is 18.4 Å². The summed E-state index contributed by atoms with van der Waals surface area (Å²) in [6, 6.07) is 9.43. The van der Waals surface area contributed by atoms with Gasteiger partial charge in [-0.2, -0.15) is 0 Å². The smallest absolute Gasteiger partial charge is 0.295 e. The van der Waals surface area contributed by atoms with Crippen molar-refractivity contribution in [2.75, 3.05) is 0 Å². The van der Waals surface area contributed by atoms with E-state index in [-0.39, 0.29) is 23.5 Å². The van der Waals surface area contributed by atoms with Crippen LogP contribution in [0, 0.1) is 11.7 Å². The van der Waals surface area contributed by atoms with Crippen LogP contribution in [0.2, 0.25) is 0 Å². The van der Waals surface area contributed by atoms with Crippen molar-refractivity contribution in [1.29, 1.82) is 0 Å². The van der Waals surface area contributed by atoms with E-state index in [0.29, 0.717) is 0 Å². The van der Waals surface area contributed by atoms with E-state index in [1.807, 2.05) is 0 Å². The molecule has 1 aliphatic rings. The third kappa shape index (κ3) is 3.67. The molecule has 1 amide bonds. The first-order valence-electron chi connectivity index (χ1n) is 7.76. The van der Waals surface area contributed by atoms with E-state index >= 15 is 0 Å². The van der Waals surface area contributed by atoms with Crippen molar-refractivity contribution in [3.8, 4) is 0 Å². The fourth-order valence-electron chi connectivity index (χ4n) is 3.15. The summed E-state index contributed by atoms with van der Waals surface area (Å²) in [6.07, 6.45) is 4.97. The number of benzene rings is 1. The van der Waals surface area contributed by atoms with Crippen molar-refractivity contribution in [3.63, 3.8) is 0 Å². The summed E-state index contributed by atoms with van der Waals surface area (Å²) >= 11 is 0. The van der Waals surface area contributed by atoms with Crippen LogP contribution in [0.5, 0.6) is 0 Å². The van der Waals surface area contributed by atoms with Crippen molar-refractivity contribution in [3.05, 3.63) is 59.8 Å². The van der Waals surface area contributed by atoms with Gasteiger partial charge in [0.05, 0.1) is 6.26 Å². The normalized spacial score (nSPS) is 20.4. The summed E-state index contributed by atoms with van der Waals surface area (Å²) in [7, 11) is 0. The molecule has 1 aromatic heterocycles. The minimum atomic E-state index is -0.651. The molecular weight excluding hydrogens is 297 g/mol. The van der Waals surface area contributed by atoms with Gasteiger partial charge in [-0.15, -0.1) is 0 Å². The van der Waals surface area contributed by atoms with Gasteiger partial charge in [-0.25, -0.2) is 4.39 Å². The summed E-state index contributed by atoms with van der Waals surface area (Å²) in [6.45, 7) is 0. The molecule has 2 atom stereocenters. The highest BCUT2D eigenvalue weighted by atomic mass is 19.1. The number of hydrogen-bond acceptors (Lipinski definition) is 3. The first-order chi connectivity index (χ1) is 11.1. The molecule has 0 radical (unpaired) electrons. The van der Waals surface area contributed by atoms with Gasteiger partial charge in [0.25, 0.3) is 11.7 Å². The Morgan fingerprint density at radius 2 is 1.96 bits per heavy atom. The summed E-state index contributed by atoms with van der Waals surface area (Å²) in [5, 5.41) is 2.83. The maximum Gasteiger partial charge on any atom is 0.295 e. The molecule has 0 saturated heterocycles. The lowest BCUT2D eigenvalue weighted by Gasteiger charge is -2.20. The first kappa shape index (κ1) is 15.5. The summed E-state index contributed by atoms with van der Waals surface area (Å²) in [5.74, 6) is -1.23. The second-order valence-corrected chi connectivity index (χ2v) is 5.91. The molecule has 1 aliphatic carbocycles. The van der Waals surface area contributed by atoms with Gasteiger partial charge in [-0.3, -0.25) is 9.59 Å². The molecule has 1 N–H and O–H groups in total. The van der Waals surface area contributed by atoms with E-state index in [1.165, 1.54) is 24.5 Å². The van der Waals surface area contributed by atoms with Gasteiger partial charge >= 0.3 is 0 Å². The number of halogens is 1. The predicted molar refractivity (Wildman–Crippen MR) is 82.4 cm³/mol. The summed E-state index contributed by atoms with van der Waals surface area (Å²) in [4.78, 5) is 24.0. The Bertz CT molecular complexity index is 679. The van der Waals surface area contributed by atoms with E-state index in [9.17, 15) is 14.0 Å². The average Bonchev–Trinajstić information content (AvgIpc) is 3.21. The Balaban J connectivity index is 1.61. The minimum absolute atomic E-state index is 0.0357. The predicted octanol–water partition coefficient (Wildman–Crippen LogP) is 3.13. The van der Waals surface area contributed by atoms with E-state index in [0.717, 1.165) is 31.2 Å². The van der Waals surface area contributed by atoms with Crippen molar-refractivity contribution in [2.45, 2.75) is 31.7 Å². The molecule has 4 nitrogen and oxygen atoms in total. The largest absolute Gasteiger partial charge is 0.461 e. The van der Waals surface area contributed by atoms with Crippen LogP contribution in [0.1, 0.15) is 35.4 Å². The van der Waals surface area contributed by atoms with Crippen LogP contribution in [-0.4, -0.2) is 17.7 Å². The van der Waals surface area contributed by atoms with Gasteiger partial charge in [0.2, 0.25) is 0 Å². The molecule has 0 bridgehead atoms. The number of furan rings is 1. The van der Waals surface area contributed by atoms with E-state index < -0.39 is 11.7 Å². The monoisotopic (exact) mass is 315 g/mol. The van der Waals surface area contributed by atoms with Crippen molar-refractivity contribution >= 4 is 11.7 Å². The first-order valence-corrected chi connectivity index (χ1v) is 7.76. The number of rotatable bonds is 5. The Morgan fingerprint density at radius 3 is 2.65 bits per heavy atom. The third-order valence-corrected chi connectivity index (χ3v) is 4.34. The van der Waals surface area contributed by atoms with Gasteiger partial charge in [-0.1, -0.05) is 18.6 Å². The van der Waals surface area contributed by atoms with Crippen molar-refractivity contribution in [2.24, 2.45) is 5.92 Å². The van der Waals surface area contributed by atoms with E-state index in [2.05, 4.69) is 5.32 Å². The van der Waals surface area contributed by atoms with Crippen LogP contribution in [-0.2, 0) is 11.2 Å². The molecule has 0 aliphatic heterocycles. The highest BCUT2D eigenvalue weighted by Crippen LogP contribution is 2.29. The SMILES string of the molecule is O=C(N[C@H]1CCC[C@H]1Cc1ccc(F)cc1)C(=O)c1ccco1.